The molecule has 0 bridgehead atoms. The molecule has 98 valence electrons. The van der Waals surface area contributed by atoms with E-state index in [9.17, 15) is 4.79 Å². The van der Waals surface area contributed by atoms with Crippen molar-refractivity contribution < 1.29 is 9.53 Å². The Kier molecular flexibility index (Phi) is 5.73. The number of methoxy groups -OCH3 is 1. The predicted octanol–water partition coefficient (Wildman–Crippen LogP) is 4.10. The molecule has 1 saturated carbocycles. The van der Waals surface area contributed by atoms with Crippen LogP contribution in [-0.2, 0) is 9.53 Å². The molecule has 0 aromatic heterocycles. The van der Waals surface area contributed by atoms with E-state index in [1.54, 1.807) is 0 Å². The van der Waals surface area contributed by atoms with Gasteiger partial charge in [0, 0.05) is 0 Å². The standard InChI is InChI=1S/C15H26O2/c1-4-6-12-15(5-2,14(16)17-3)13-10-8-7-9-11-13/h5,13H,2,4,6-12H2,1,3H3/t15-/m1/s1. The van der Waals surface area contributed by atoms with E-state index in [1.807, 2.05) is 6.08 Å². The molecule has 0 saturated heterocycles. The second-order valence-corrected chi connectivity index (χ2v) is 5.17. The fourth-order valence-corrected chi connectivity index (χ4v) is 3.10. The SMILES string of the molecule is C=C[C@](CCCC)(C(=O)OC)C1CCCCC1. The lowest BCUT2D eigenvalue weighted by Crippen LogP contribution is -2.39. The molecule has 1 atom stereocenters. The smallest absolute Gasteiger partial charge is 0.315 e. The minimum atomic E-state index is -0.425. The summed E-state index contributed by atoms with van der Waals surface area (Å²) in [6.45, 7) is 6.09. The number of rotatable bonds is 6. The first-order valence-corrected chi connectivity index (χ1v) is 6.93. The van der Waals surface area contributed by atoms with Crippen molar-refractivity contribution in [3.63, 3.8) is 0 Å². The molecule has 2 nitrogen and oxygen atoms in total. The van der Waals surface area contributed by atoms with Gasteiger partial charge in [-0.25, -0.2) is 0 Å². The molecule has 0 N–H and O–H groups in total. The van der Waals surface area contributed by atoms with Gasteiger partial charge in [-0.15, -0.1) is 6.58 Å². The van der Waals surface area contributed by atoms with Crippen molar-refractivity contribution >= 4 is 5.97 Å². The average molecular weight is 238 g/mol. The van der Waals surface area contributed by atoms with Crippen LogP contribution < -0.4 is 0 Å². The highest BCUT2D eigenvalue weighted by Gasteiger charge is 2.43. The molecule has 0 heterocycles. The number of hydrogen-bond acceptors (Lipinski definition) is 2. The van der Waals surface area contributed by atoms with Crippen LogP contribution in [0.5, 0.6) is 0 Å². The number of ether oxygens (including phenoxy) is 1. The first kappa shape index (κ1) is 14.3. The zero-order valence-electron chi connectivity index (χ0n) is 11.3. The van der Waals surface area contributed by atoms with E-state index in [2.05, 4.69) is 13.5 Å². The van der Waals surface area contributed by atoms with Gasteiger partial charge in [0.15, 0.2) is 0 Å². The minimum absolute atomic E-state index is 0.0761. The monoisotopic (exact) mass is 238 g/mol. The second kappa shape index (κ2) is 6.83. The van der Waals surface area contributed by atoms with Crippen molar-refractivity contribution in [2.75, 3.05) is 7.11 Å². The fraction of sp³-hybridized carbons (Fsp3) is 0.800. The van der Waals surface area contributed by atoms with E-state index in [0.29, 0.717) is 5.92 Å². The van der Waals surface area contributed by atoms with E-state index in [-0.39, 0.29) is 5.97 Å². The molecule has 0 aliphatic heterocycles. The van der Waals surface area contributed by atoms with Crippen LogP contribution in [-0.4, -0.2) is 13.1 Å². The average Bonchev–Trinajstić information content (AvgIpc) is 2.41. The van der Waals surface area contributed by atoms with Gasteiger partial charge >= 0.3 is 5.97 Å². The Morgan fingerprint density at radius 1 is 1.41 bits per heavy atom. The molecule has 1 rings (SSSR count). The van der Waals surface area contributed by atoms with Crippen molar-refractivity contribution in [1.29, 1.82) is 0 Å². The largest absolute Gasteiger partial charge is 0.468 e. The number of esters is 1. The van der Waals surface area contributed by atoms with Gasteiger partial charge in [-0.05, 0) is 25.2 Å². The molecule has 17 heavy (non-hydrogen) atoms. The molecule has 1 fully saturated rings. The maximum Gasteiger partial charge on any atom is 0.315 e. The summed E-state index contributed by atoms with van der Waals surface area (Å²) in [5.74, 6) is 0.362. The lowest BCUT2D eigenvalue weighted by atomic mass is 9.66. The van der Waals surface area contributed by atoms with Crippen LogP contribution in [0, 0.1) is 11.3 Å². The van der Waals surface area contributed by atoms with E-state index in [4.69, 9.17) is 4.74 Å². The van der Waals surface area contributed by atoms with Gasteiger partial charge in [0.05, 0.1) is 12.5 Å². The highest BCUT2D eigenvalue weighted by molar-refractivity contribution is 5.79. The molecule has 2 heteroatoms. The third-order valence-electron chi connectivity index (χ3n) is 4.21. The van der Waals surface area contributed by atoms with Gasteiger partial charge in [0.25, 0.3) is 0 Å². The summed E-state index contributed by atoms with van der Waals surface area (Å²) in [6.07, 6.45) is 11.0. The molecule has 1 aliphatic rings. The maximum atomic E-state index is 12.2. The number of hydrogen-bond donors (Lipinski definition) is 0. The maximum absolute atomic E-state index is 12.2. The number of carbonyl (C=O) groups is 1. The van der Waals surface area contributed by atoms with Gasteiger partial charge in [-0.1, -0.05) is 45.1 Å². The summed E-state index contributed by atoms with van der Waals surface area (Å²) in [4.78, 5) is 12.2. The summed E-state index contributed by atoms with van der Waals surface area (Å²) in [5, 5.41) is 0. The Hall–Kier alpha value is -0.790. The third kappa shape index (κ3) is 3.11. The lowest BCUT2D eigenvalue weighted by Gasteiger charge is -2.38. The molecule has 0 aromatic carbocycles. The summed E-state index contributed by atoms with van der Waals surface area (Å²) >= 11 is 0. The quantitative estimate of drug-likeness (QED) is 0.514. The van der Waals surface area contributed by atoms with E-state index in [1.165, 1.54) is 26.4 Å². The van der Waals surface area contributed by atoms with Crippen LogP contribution in [0.2, 0.25) is 0 Å². The zero-order valence-corrected chi connectivity index (χ0v) is 11.3. The summed E-state index contributed by atoms with van der Waals surface area (Å²) in [7, 11) is 1.50. The van der Waals surface area contributed by atoms with E-state index in [0.717, 1.165) is 32.1 Å². The predicted molar refractivity (Wildman–Crippen MR) is 70.7 cm³/mol. The van der Waals surface area contributed by atoms with Crippen molar-refractivity contribution in [3.05, 3.63) is 12.7 Å². The van der Waals surface area contributed by atoms with Gasteiger partial charge in [-0.3, -0.25) is 4.79 Å². The van der Waals surface area contributed by atoms with Gasteiger partial charge in [0.1, 0.15) is 0 Å². The Morgan fingerprint density at radius 3 is 2.53 bits per heavy atom. The molecule has 1 aliphatic carbocycles. The topological polar surface area (TPSA) is 26.3 Å². The summed E-state index contributed by atoms with van der Waals surface area (Å²) in [5.41, 5.74) is -0.425. The summed E-state index contributed by atoms with van der Waals surface area (Å²) in [6, 6.07) is 0. The van der Waals surface area contributed by atoms with Gasteiger partial charge < -0.3 is 4.74 Å². The van der Waals surface area contributed by atoms with Crippen LogP contribution in [0.25, 0.3) is 0 Å². The molecule has 0 spiro atoms. The highest BCUT2D eigenvalue weighted by Crippen LogP contribution is 2.44. The Balaban J connectivity index is 2.87. The highest BCUT2D eigenvalue weighted by atomic mass is 16.5. The van der Waals surface area contributed by atoms with Crippen molar-refractivity contribution in [3.8, 4) is 0 Å². The Labute approximate surface area is 105 Å². The van der Waals surface area contributed by atoms with Crippen LogP contribution in [0.15, 0.2) is 12.7 Å². The Bertz CT molecular complexity index is 254. The minimum Gasteiger partial charge on any atom is -0.468 e. The Morgan fingerprint density at radius 2 is 2.06 bits per heavy atom. The molecule has 0 radical (unpaired) electrons. The van der Waals surface area contributed by atoms with Crippen LogP contribution in [0.4, 0.5) is 0 Å². The van der Waals surface area contributed by atoms with Crippen LogP contribution in [0.1, 0.15) is 58.3 Å². The summed E-state index contributed by atoms with van der Waals surface area (Å²) < 4.78 is 5.05. The first-order valence-electron chi connectivity index (χ1n) is 6.93. The van der Waals surface area contributed by atoms with Crippen molar-refractivity contribution in [2.24, 2.45) is 11.3 Å². The lowest BCUT2D eigenvalue weighted by molar-refractivity contribution is -0.154. The van der Waals surface area contributed by atoms with Crippen molar-refractivity contribution in [2.45, 2.75) is 58.3 Å². The third-order valence-corrected chi connectivity index (χ3v) is 4.21. The number of carbonyl (C=O) groups excluding carboxylic acids is 1. The van der Waals surface area contributed by atoms with E-state index >= 15 is 0 Å². The normalized spacial score (nSPS) is 20.6. The van der Waals surface area contributed by atoms with Crippen LogP contribution in [0.3, 0.4) is 0 Å². The van der Waals surface area contributed by atoms with Crippen molar-refractivity contribution in [1.82, 2.24) is 0 Å². The fourth-order valence-electron chi connectivity index (χ4n) is 3.10. The number of unbranched alkanes of at least 4 members (excludes halogenated alkanes) is 1. The zero-order chi connectivity index (χ0) is 12.7. The molecule has 0 unspecified atom stereocenters. The van der Waals surface area contributed by atoms with Gasteiger partial charge in [0.2, 0.25) is 0 Å². The molecular formula is C15H26O2. The molecular weight excluding hydrogens is 212 g/mol. The molecule has 0 aromatic rings. The molecule has 0 amide bonds. The van der Waals surface area contributed by atoms with Gasteiger partial charge in [-0.2, -0.15) is 0 Å². The van der Waals surface area contributed by atoms with Crippen LogP contribution >= 0.6 is 0 Å². The first-order chi connectivity index (χ1) is 8.21. The second-order valence-electron chi connectivity index (χ2n) is 5.17. The van der Waals surface area contributed by atoms with E-state index < -0.39 is 5.41 Å².